The lowest BCUT2D eigenvalue weighted by molar-refractivity contribution is -0.132. The molecule has 1 fully saturated rings. The maximum Gasteiger partial charge on any atom is 0.239 e. The van der Waals surface area contributed by atoms with Crippen LogP contribution in [0.5, 0.6) is 0 Å². The molecule has 2 atom stereocenters. The average Bonchev–Trinajstić information content (AvgIpc) is 2.60. The Morgan fingerprint density at radius 2 is 2.17 bits per heavy atom. The number of nitrogens with two attached hydrogens (primary N) is 1. The smallest absolute Gasteiger partial charge is 0.239 e. The van der Waals surface area contributed by atoms with Gasteiger partial charge in [0, 0.05) is 13.1 Å². The number of hydrogen-bond acceptors (Lipinski definition) is 3. The van der Waals surface area contributed by atoms with Crippen LogP contribution in [0.25, 0.3) is 0 Å². The van der Waals surface area contributed by atoms with Gasteiger partial charge in [0.15, 0.2) is 0 Å². The maximum atomic E-state index is 12.1. The first kappa shape index (κ1) is 18.1. The highest BCUT2D eigenvalue weighted by Crippen LogP contribution is 2.20. The molecule has 1 aliphatic rings. The molecule has 0 aromatic carbocycles. The van der Waals surface area contributed by atoms with Crippen LogP contribution in [0.2, 0.25) is 0 Å². The zero-order valence-corrected chi connectivity index (χ0v) is 13.2. The lowest BCUT2D eigenvalue weighted by Crippen LogP contribution is -2.44. The van der Waals surface area contributed by atoms with Gasteiger partial charge in [0.2, 0.25) is 5.91 Å². The van der Waals surface area contributed by atoms with Crippen LogP contribution in [0.4, 0.5) is 0 Å². The highest BCUT2D eigenvalue weighted by molar-refractivity contribution is 7.98. The van der Waals surface area contributed by atoms with E-state index in [9.17, 15) is 4.79 Å². The van der Waals surface area contributed by atoms with Gasteiger partial charge in [-0.05, 0) is 43.6 Å². The molecule has 0 aromatic heterocycles. The van der Waals surface area contributed by atoms with Gasteiger partial charge < -0.3 is 10.6 Å². The van der Waals surface area contributed by atoms with E-state index in [1.165, 1.54) is 12.8 Å². The fraction of sp³-hybridized carbons (Fsp3) is 0.923. The largest absolute Gasteiger partial charge is 0.341 e. The van der Waals surface area contributed by atoms with Crippen molar-refractivity contribution in [3.8, 4) is 0 Å². The number of amides is 1. The van der Waals surface area contributed by atoms with Gasteiger partial charge in [0.1, 0.15) is 0 Å². The quantitative estimate of drug-likeness (QED) is 0.847. The summed E-state index contributed by atoms with van der Waals surface area (Å²) in [5, 5.41) is 0. The summed E-state index contributed by atoms with van der Waals surface area (Å²) in [7, 11) is 0. The van der Waals surface area contributed by atoms with Crippen molar-refractivity contribution in [1.82, 2.24) is 4.90 Å². The molecule has 0 spiro atoms. The normalized spacial score (nSPS) is 21.9. The summed E-state index contributed by atoms with van der Waals surface area (Å²) < 4.78 is 0. The van der Waals surface area contributed by atoms with E-state index >= 15 is 0 Å². The molecule has 0 bridgehead atoms. The van der Waals surface area contributed by atoms with E-state index in [1.54, 1.807) is 11.8 Å². The Morgan fingerprint density at radius 1 is 1.44 bits per heavy atom. The van der Waals surface area contributed by atoms with Crippen molar-refractivity contribution in [2.45, 2.75) is 45.1 Å². The van der Waals surface area contributed by atoms with Crippen LogP contribution in [-0.2, 0) is 4.79 Å². The standard InChI is InChI=1S/C13H26N2OS.ClH/c1-3-11-5-4-8-15(9-6-11)13(16)12(14)7-10-17-2;/h11-12H,3-10,14H2,1-2H3;1H/t11?,12-;/m0./s1. The molecular weight excluding hydrogens is 268 g/mol. The Kier molecular flexibility index (Phi) is 9.97. The highest BCUT2D eigenvalue weighted by atomic mass is 35.5. The molecule has 3 nitrogen and oxygen atoms in total. The molecule has 1 rings (SSSR count). The van der Waals surface area contributed by atoms with E-state index in [-0.39, 0.29) is 24.4 Å². The summed E-state index contributed by atoms with van der Waals surface area (Å²) in [5.41, 5.74) is 5.95. The molecule has 1 saturated heterocycles. The second-order valence-electron chi connectivity index (χ2n) is 4.92. The number of halogens is 1. The van der Waals surface area contributed by atoms with Crippen molar-refractivity contribution >= 4 is 30.1 Å². The first-order valence-corrected chi connectivity index (χ1v) is 8.11. The van der Waals surface area contributed by atoms with Gasteiger partial charge in [-0.3, -0.25) is 4.79 Å². The third-order valence-corrected chi connectivity index (χ3v) is 4.33. The van der Waals surface area contributed by atoms with Crippen molar-refractivity contribution in [2.24, 2.45) is 11.7 Å². The molecule has 18 heavy (non-hydrogen) atoms. The fourth-order valence-electron chi connectivity index (χ4n) is 2.40. The van der Waals surface area contributed by atoms with Crippen molar-refractivity contribution in [3.05, 3.63) is 0 Å². The van der Waals surface area contributed by atoms with Gasteiger partial charge in [-0.25, -0.2) is 0 Å². The minimum absolute atomic E-state index is 0. The van der Waals surface area contributed by atoms with Crippen LogP contribution in [0, 0.1) is 5.92 Å². The third-order valence-electron chi connectivity index (χ3n) is 3.69. The summed E-state index contributed by atoms with van der Waals surface area (Å²) in [6.07, 6.45) is 7.64. The first-order valence-electron chi connectivity index (χ1n) is 6.72. The van der Waals surface area contributed by atoms with E-state index in [4.69, 9.17) is 5.73 Å². The van der Waals surface area contributed by atoms with Crippen LogP contribution in [0.1, 0.15) is 39.0 Å². The number of rotatable bonds is 5. The highest BCUT2D eigenvalue weighted by Gasteiger charge is 2.23. The molecular formula is C13H27ClN2OS. The van der Waals surface area contributed by atoms with E-state index < -0.39 is 0 Å². The number of thioether (sulfide) groups is 1. The monoisotopic (exact) mass is 294 g/mol. The van der Waals surface area contributed by atoms with Crippen molar-refractivity contribution in [3.63, 3.8) is 0 Å². The molecule has 5 heteroatoms. The van der Waals surface area contributed by atoms with Crippen LogP contribution < -0.4 is 5.73 Å². The molecule has 0 aromatic rings. The molecule has 0 saturated carbocycles. The van der Waals surface area contributed by atoms with Crippen LogP contribution in [0.3, 0.4) is 0 Å². The maximum absolute atomic E-state index is 12.1. The zero-order valence-electron chi connectivity index (χ0n) is 11.6. The molecule has 108 valence electrons. The molecule has 1 amide bonds. The van der Waals surface area contributed by atoms with Gasteiger partial charge in [-0.2, -0.15) is 11.8 Å². The van der Waals surface area contributed by atoms with Gasteiger partial charge in [-0.15, -0.1) is 12.4 Å². The summed E-state index contributed by atoms with van der Waals surface area (Å²) in [5.74, 6) is 1.93. The minimum Gasteiger partial charge on any atom is -0.341 e. The zero-order chi connectivity index (χ0) is 12.7. The summed E-state index contributed by atoms with van der Waals surface area (Å²) in [6.45, 7) is 4.05. The van der Waals surface area contributed by atoms with Crippen molar-refractivity contribution in [1.29, 1.82) is 0 Å². The lowest BCUT2D eigenvalue weighted by atomic mass is 9.98. The van der Waals surface area contributed by atoms with E-state index in [0.29, 0.717) is 0 Å². The summed E-state index contributed by atoms with van der Waals surface area (Å²) >= 11 is 1.75. The van der Waals surface area contributed by atoms with Crippen LogP contribution in [-0.4, -0.2) is 41.9 Å². The summed E-state index contributed by atoms with van der Waals surface area (Å²) in [4.78, 5) is 14.1. The van der Waals surface area contributed by atoms with E-state index in [1.807, 2.05) is 4.90 Å². The second kappa shape index (κ2) is 9.93. The fourth-order valence-corrected chi connectivity index (χ4v) is 2.89. The van der Waals surface area contributed by atoms with E-state index in [2.05, 4.69) is 13.2 Å². The van der Waals surface area contributed by atoms with Crippen molar-refractivity contribution < 1.29 is 4.79 Å². The van der Waals surface area contributed by atoms with Gasteiger partial charge in [-0.1, -0.05) is 13.3 Å². The topological polar surface area (TPSA) is 46.3 Å². The summed E-state index contributed by atoms with van der Waals surface area (Å²) in [6, 6.07) is -0.291. The Morgan fingerprint density at radius 3 is 2.78 bits per heavy atom. The molecule has 1 aliphatic heterocycles. The molecule has 0 radical (unpaired) electrons. The number of nitrogens with zero attached hydrogens (tertiary/aromatic N) is 1. The number of hydrogen-bond donors (Lipinski definition) is 1. The number of carbonyl (C=O) groups excluding carboxylic acids is 1. The van der Waals surface area contributed by atoms with Crippen LogP contribution in [0.15, 0.2) is 0 Å². The predicted molar refractivity (Wildman–Crippen MR) is 82.4 cm³/mol. The second-order valence-corrected chi connectivity index (χ2v) is 5.90. The minimum atomic E-state index is -0.291. The van der Waals surface area contributed by atoms with Gasteiger partial charge in [0.25, 0.3) is 0 Å². The Balaban J connectivity index is 0.00000289. The third kappa shape index (κ3) is 5.81. The number of carbonyl (C=O) groups is 1. The Bertz CT molecular complexity index is 241. The first-order chi connectivity index (χ1) is 8.19. The Hall–Kier alpha value is 0.0700. The Labute approximate surface area is 122 Å². The van der Waals surface area contributed by atoms with E-state index in [0.717, 1.165) is 44.0 Å². The SMILES string of the molecule is CCC1CCCN(C(=O)[C@@H](N)CCSC)CC1.Cl. The number of likely N-dealkylation sites (tertiary alicyclic amines) is 1. The molecule has 1 unspecified atom stereocenters. The van der Waals surface area contributed by atoms with Gasteiger partial charge >= 0.3 is 0 Å². The molecule has 2 N–H and O–H groups in total. The molecule has 1 heterocycles. The lowest BCUT2D eigenvalue weighted by Gasteiger charge is -2.24. The van der Waals surface area contributed by atoms with Gasteiger partial charge in [0.05, 0.1) is 6.04 Å². The van der Waals surface area contributed by atoms with Crippen molar-refractivity contribution in [2.75, 3.05) is 25.1 Å². The predicted octanol–water partition coefficient (Wildman–Crippen LogP) is 2.53. The van der Waals surface area contributed by atoms with Crippen LogP contribution >= 0.6 is 24.2 Å². The molecule has 0 aliphatic carbocycles. The average molecular weight is 295 g/mol.